The largest absolute Gasteiger partial charge is 0.479 e. The van der Waals surface area contributed by atoms with Crippen LogP contribution in [0.1, 0.15) is 41.1 Å². The standard InChI is InChI=1S/C16H18ClN3O3/c1-3-4-12-9-13(20(2)19-12)15(21)18-14(16(22)23)10-5-7-11(17)8-6-10/h5-9,14H,3-4H2,1-2H3,(H,18,21)(H,22,23). The molecule has 1 aromatic heterocycles. The van der Waals surface area contributed by atoms with Crippen LogP contribution in [0.15, 0.2) is 30.3 Å². The first kappa shape index (κ1) is 17.0. The average molecular weight is 336 g/mol. The van der Waals surface area contributed by atoms with Gasteiger partial charge in [0.2, 0.25) is 0 Å². The van der Waals surface area contributed by atoms with Crippen LogP contribution in [0, 0.1) is 0 Å². The molecular weight excluding hydrogens is 318 g/mol. The van der Waals surface area contributed by atoms with Crippen LogP contribution >= 0.6 is 11.6 Å². The number of carboxylic acids is 1. The normalized spacial score (nSPS) is 12.0. The van der Waals surface area contributed by atoms with Crippen molar-refractivity contribution in [2.24, 2.45) is 7.05 Å². The third-order valence-corrected chi connectivity index (χ3v) is 3.65. The summed E-state index contributed by atoms with van der Waals surface area (Å²) < 4.78 is 1.46. The molecule has 0 saturated heterocycles. The second-order valence-electron chi connectivity index (χ2n) is 5.19. The number of aromatic nitrogens is 2. The Morgan fingerprint density at radius 2 is 2.00 bits per heavy atom. The quantitative estimate of drug-likeness (QED) is 0.849. The number of aliphatic carboxylic acids is 1. The summed E-state index contributed by atoms with van der Waals surface area (Å²) in [5, 5.41) is 16.7. The third kappa shape index (κ3) is 4.10. The van der Waals surface area contributed by atoms with Gasteiger partial charge >= 0.3 is 5.97 Å². The van der Waals surface area contributed by atoms with Gasteiger partial charge < -0.3 is 10.4 Å². The highest BCUT2D eigenvalue weighted by Crippen LogP contribution is 2.18. The first-order valence-electron chi connectivity index (χ1n) is 7.24. The van der Waals surface area contributed by atoms with Crippen molar-refractivity contribution in [3.05, 3.63) is 52.3 Å². The van der Waals surface area contributed by atoms with Crippen molar-refractivity contribution in [2.45, 2.75) is 25.8 Å². The van der Waals surface area contributed by atoms with Gasteiger partial charge in [-0.05, 0) is 30.2 Å². The summed E-state index contributed by atoms with van der Waals surface area (Å²) in [7, 11) is 1.66. The molecule has 6 nitrogen and oxygen atoms in total. The lowest BCUT2D eigenvalue weighted by Crippen LogP contribution is -2.34. The fraction of sp³-hybridized carbons (Fsp3) is 0.312. The third-order valence-electron chi connectivity index (χ3n) is 3.39. The van der Waals surface area contributed by atoms with Crippen molar-refractivity contribution >= 4 is 23.5 Å². The molecule has 122 valence electrons. The number of hydrogen-bond donors (Lipinski definition) is 2. The molecule has 0 spiro atoms. The Balaban J connectivity index is 2.21. The number of nitrogens with one attached hydrogen (secondary N) is 1. The summed E-state index contributed by atoms with van der Waals surface area (Å²) in [6.45, 7) is 2.02. The number of carbonyl (C=O) groups excluding carboxylic acids is 1. The van der Waals surface area contributed by atoms with Gasteiger partial charge in [0.05, 0.1) is 5.69 Å². The molecule has 1 heterocycles. The Bertz CT molecular complexity index is 710. The molecule has 0 saturated carbocycles. The highest BCUT2D eigenvalue weighted by Gasteiger charge is 2.24. The fourth-order valence-electron chi connectivity index (χ4n) is 2.27. The number of halogens is 1. The summed E-state index contributed by atoms with van der Waals surface area (Å²) in [4.78, 5) is 23.9. The molecule has 7 heteroatoms. The van der Waals surface area contributed by atoms with E-state index in [2.05, 4.69) is 10.4 Å². The van der Waals surface area contributed by atoms with E-state index >= 15 is 0 Å². The molecule has 2 rings (SSSR count). The topological polar surface area (TPSA) is 84.2 Å². The Hall–Kier alpha value is -2.34. The maximum absolute atomic E-state index is 12.4. The molecule has 1 aromatic carbocycles. The lowest BCUT2D eigenvalue weighted by molar-refractivity contribution is -0.139. The molecule has 2 aromatic rings. The Morgan fingerprint density at radius 1 is 1.35 bits per heavy atom. The van der Waals surface area contributed by atoms with Gasteiger partial charge in [-0.25, -0.2) is 4.79 Å². The molecule has 23 heavy (non-hydrogen) atoms. The van der Waals surface area contributed by atoms with E-state index < -0.39 is 17.9 Å². The minimum atomic E-state index is -1.15. The van der Waals surface area contributed by atoms with E-state index in [1.807, 2.05) is 6.92 Å². The number of rotatable bonds is 6. The monoisotopic (exact) mass is 335 g/mol. The van der Waals surface area contributed by atoms with Crippen molar-refractivity contribution in [1.29, 1.82) is 0 Å². The number of amides is 1. The maximum Gasteiger partial charge on any atom is 0.330 e. The van der Waals surface area contributed by atoms with E-state index in [-0.39, 0.29) is 0 Å². The first-order chi connectivity index (χ1) is 10.9. The average Bonchev–Trinajstić information content (AvgIpc) is 2.86. The minimum absolute atomic E-state index is 0.327. The van der Waals surface area contributed by atoms with Gasteiger partial charge in [-0.3, -0.25) is 9.48 Å². The van der Waals surface area contributed by atoms with Gasteiger partial charge in [0.25, 0.3) is 5.91 Å². The molecule has 2 N–H and O–H groups in total. The van der Waals surface area contributed by atoms with E-state index in [9.17, 15) is 14.7 Å². The van der Waals surface area contributed by atoms with Crippen molar-refractivity contribution in [3.8, 4) is 0 Å². The summed E-state index contributed by atoms with van der Waals surface area (Å²) in [5.74, 6) is -1.62. The van der Waals surface area contributed by atoms with Gasteiger partial charge in [0, 0.05) is 12.1 Å². The molecule has 0 aliphatic rings. The zero-order chi connectivity index (χ0) is 17.0. The van der Waals surface area contributed by atoms with Crippen molar-refractivity contribution in [1.82, 2.24) is 15.1 Å². The summed E-state index contributed by atoms with van der Waals surface area (Å²) in [6.07, 6.45) is 1.68. The molecule has 1 unspecified atom stereocenters. The smallest absolute Gasteiger partial charge is 0.330 e. The number of aryl methyl sites for hydroxylation is 2. The van der Waals surface area contributed by atoms with Crippen LogP contribution in [0.2, 0.25) is 5.02 Å². The van der Waals surface area contributed by atoms with E-state index in [4.69, 9.17) is 11.6 Å². The number of hydrogen-bond acceptors (Lipinski definition) is 3. The SMILES string of the molecule is CCCc1cc(C(=O)NC(C(=O)O)c2ccc(Cl)cc2)n(C)n1. The molecule has 0 bridgehead atoms. The number of carbonyl (C=O) groups is 2. The molecule has 1 atom stereocenters. The lowest BCUT2D eigenvalue weighted by atomic mass is 10.1. The van der Waals surface area contributed by atoms with Crippen LogP contribution in [-0.2, 0) is 18.3 Å². The second kappa shape index (κ2) is 7.28. The number of carboxylic acid groups (broad SMARTS) is 1. The first-order valence-corrected chi connectivity index (χ1v) is 7.62. The molecule has 0 fully saturated rings. The lowest BCUT2D eigenvalue weighted by Gasteiger charge is -2.15. The van der Waals surface area contributed by atoms with E-state index in [0.29, 0.717) is 16.3 Å². The van der Waals surface area contributed by atoms with Crippen LogP contribution in [0.25, 0.3) is 0 Å². The summed E-state index contributed by atoms with van der Waals surface area (Å²) in [5.41, 5.74) is 1.58. The van der Waals surface area contributed by atoms with Gasteiger partial charge in [0.1, 0.15) is 5.69 Å². The molecule has 0 aliphatic carbocycles. The Morgan fingerprint density at radius 3 is 2.57 bits per heavy atom. The zero-order valence-electron chi connectivity index (χ0n) is 12.9. The fourth-order valence-corrected chi connectivity index (χ4v) is 2.39. The zero-order valence-corrected chi connectivity index (χ0v) is 13.7. The summed E-state index contributed by atoms with van der Waals surface area (Å²) in [6, 6.07) is 6.86. The van der Waals surface area contributed by atoms with Gasteiger partial charge in [-0.1, -0.05) is 37.1 Å². The van der Waals surface area contributed by atoms with Crippen LogP contribution in [0.4, 0.5) is 0 Å². The minimum Gasteiger partial charge on any atom is -0.479 e. The predicted octanol–water partition coefficient (Wildman–Crippen LogP) is 2.58. The van der Waals surface area contributed by atoms with Gasteiger partial charge in [-0.2, -0.15) is 5.10 Å². The Labute approximate surface area is 139 Å². The molecular formula is C16H18ClN3O3. The maximum atomic E-state index is 12.4. The highest BCUT2D eigenvalue weighted by molar-refractivity contribution is 6.30. The second-order valence-corrected chi connectivity index (χ2v) is 5.63. The van der Waals surface area contributed by atoms with E-state index in [1.165, 1.54) is 4.68 Å². The van der Waals surface area contributed by atoms with Crippen LogP contribution in [-0.4, -0.2) is 26.8 Å². The van der Waals surface area contributed by atoms with Gasteiger partial charge in [-0.15, -0.1) is 0 Å². The van der Waals surface area contributed by atoms with Gasteiger partial charge in [0.15, 0.2) is 6.04 Å². The number of nitrogens with zero attached hydrogens (tertiary/aromatic N) is 2. The van der Waals surface area contributed by atoms with E-state index in [1.54, 1.807) is 37.4 Å². The van der Waals surface area contributed by atoms with Crippen LogP contribution in [0.3, 0.4) is 0 Å². The molecule has 1 amide bonds. The van der Waals surface area contributed by atoms with Crippen molar-refractivity contribution in [3.63, 3.8) is 0 Å². The highest BCUT2D eigenvalue weighted by atomic mass is 35.5. The van der Waals surface area contributed by atoms with Crippen molar-refractivity contribution < 1.29 is 14.7 Å². The van der Waals surface area contributed by atoms with Crippen LogP contribution < -0.4 is 5.32 Å². The van der Waals surface area contributed by atoms with Crippen LogP contribution in [0.5, 0.6) is 0 Å². The number of benzene rings is 1. The molecule has 0 aliphatic heterocycles. The summed E-state index contributed by atoms with van der Waals surface area (Å²) >= 11 is 5.80. The predicted molar refractivity (Wildman–Crippen MR) is 86.5 cm³/mol. The van der Waals surface area contributed by atoms with Crippen molar-refractivity contribution in [2.75, 3.05) is 0 Å². The van der Waals surface area contributed by atoms with E-state index in [0.717, 1.165) is 18.5 Å². The molecule has 0 radical (unpaired) electrons. The Kier molecular flexibility index (Phi) is 5.39.